The van der Waals surface area contributed by atoms with E-state index >= 15 is 0 Å². The van der Waals surface area contributed by atoms with Gasteiger partial charge >= 0.3 is 0 Å². The van der Waals surface area contributed by atoms with Gasteiger partial charge in [-0.1, -0.05) is 19.1 Å². The first-order valence-electron chi connectivity index (χ1n) is 6.93. The number of carbonyl (C=O) groups excluding carboxylic acids is 1. The molecule has 0 unspecified atom stereocenters. The molecule has 4 heteroatoms. The lowest BCUT2D eigenvalue weighted by atomic mass is 9.87. The van der Waals surface area contributed by atoms with Crippen LogP contribution in [-0.2, 0) is 4.79 Å². The molecule has 1 amide bonds. The molecule has 2 rings (SSSR count). The summed E-state index contributed by atoms with van der Waals surface area (Å²) < 4.78 is 1.14. The van der Waals surface area contributed by atoms with Crippen molar-refractivity contribution in [3.63, 3.8) is 0 Å². The Morgan fingerprint density at radius 3 is 2.63 bits per heavy atom. The van der Waals surface area contributed by atoms with E-state index in [1.165, 1.54) is 12.8 Å². The average Bonchev–Trinajstić information content (AvgIpc) is 2.40. The minimum atomic E-state index is 0.0965. The van der Waals surface area contributed by atoms with Crippen molar-refractivity contribution in [3.05, 3.63) is 27.8 Å². The molecule has 0 spiro atoms. The topological polar surface area (TPSA) is 41.1 Å². The summed E-state index contributed by atoms with van der Waals surface area (Å²) in [5.74, 6) is 0.913. The molecular formula is C15H21IN2O. The van der Waals surface area contributed by atoms with E-state index in [0.717, 1.165) is 28.0 Å². The minimum absolute atomic E-state index is 0.0965. The van der Waals surface area contributed by atoms with E-state index < -0.39 is 0 Å². The van der Waals surface area contributed by atoms with Crippen molar-refractivity contribution in [1.29, 1.82) is 0 Å². The number of amides is 1. The van der Waals surface area contributed by atoms with Crippen LogP contribution in [-0.4, -0.2) is 18.5 Å². The second-order valence-electron chi connectivity index (χ2n) is 5.36. The Hall–Kier alpha value is -0.780. The highest BCUT2D eigenvalue weighted by molar-refractivity contribution is 14.1. The van der Waals surface area contributed by atoms with Crippen molar-refractivity contribution >= 4 is 34.2 Å². The van der Waals surface area contributed by atoms with Gasteiger partial charge in [0, 0.05) is 15.3 Å². The summed E-state index contributed by atoms with van der Waals surface area (Å²) in [6.07, 6.45) is 4.70. The van der Waals surface area contributed by atoms with Gasteiger partial charge in [0.2, 0.25) is 5.91 Å². The maximum Gasteiger partial charge on any atom is 0.239 e. The van der Waals surface area contributed by atoms with E-state index in [1.807, 2.05) is 24.3 Å². The third-order valence-corrected chi connectivity index (χ3v) is 4.63. The zero-order valence-corrected chi connectivity index (χ0v) is 13.4. The molecule has 1 fully saturated rings. The van der Waals surface area contributed by atoms with Crippen LogP contribution in [0.5, 0.6) is 0 Å². The van der Waals surface area contributed by atoms with Crippen LogP contribution in [0, 0.1) is 9.49 Å². The number of rotatable bonds is 4. The van der Waals surface area contributed by atoms with Crippen molar-refractivity contribution < 1.29 is 4.79 Å². The molecule has 0 radical (unpaired) electrons. The van der Waals surface area contributed by atoms with Gasteiger partial charge in [-0.05, 0) is 66.3 Å². The Labute approximate surface area is 128 Å². The van der Waals surface area contributed by atoms with Gasteiger partial charge in [-0.3, -0.25) is 4.79 Å². The summed E-state index contributed by atoms with van der Waals surface area (Å²) in [7, 11) is 0. The van der Waals surface area contributed by atoms with Crippen molar-refractivity contribution in [1.82, 2.24) is 5.32 Å². The van der Waals surface area contributed by atoms with Crippen LogP contribution in [0.1, 0.15) is 32.6 Å². The van der Waals surface area contributed by atoms with Crippen molar-refractivity contribution in [2.75, 3.05) is 11.9 Å². The fraction of sp³-hybridized carbons (Fsp3) is 0.533. The molecule has 1 aromatic carbocycles. The molecule has 3 nitrogen and oxygen atoms in total. The molecule has 0 aromatic heterocycles. The standard InChI is InChI=1S/C15H21IN2O/c1-11-6-8-12(9-7-11)18-15(19)10-17-14-5-3-2-4-13(14)16/h2-5,11-12,17H,6-10H2,1H3,(H,18,19). The van der Waals surface area contributed by atoms with Crippen LogP contribution in [0.2, 0.25) is 0 Å². The third-order valence-electron chi connectivity index (χ3n) is 3.69. The molecule has 0 aliphatic heterocycles. The quantitative estimate of drug-likeness (QED) is 0.796. The third kappa shape index (κ3) is 4.67. The van der Waals surface area contributed by atoms with Gasteiger partial charge in [0.05, 0.1) is 6.54 Å². The summed E-state index contributed by atoms with van der Waals surface area (Å²) in [5, 5.41) is 6.32. The predicted octanol–water partition coefficient (Wildman–Crippen LogP) is 3.40. The number of nitrogens with one attached hydrogen (secondary N) is 2. The van der Waals surface area contributed by atoms with Gasteiger partial charge in [0.25, 0.3) is 0 Å². The smallest absolute Gasteiger partial charge is 0.239 e. The second kappa shape index (κ2) is 7.12. The molecule has 0 heterocycles. The van der Waals surface area contributed by atoms with Crippen LogP contribution in [0.3, 0.4) is 0 Å². The SMILES string of the molecule is CC1CCC(NC(=O)CNc2ccccc2I)CC1. The number of carbonyl (C=O) groups is 1. The van der Waals surface area contributed by atoms with Crippen molar-refractivity contribution in [2.45, 2.75) is 38.6 Å². The van der Waals surface area contributed by atoms with E-state index in [2.05, 4.69) is 40.1 Å². The Bertz CT molecular complexity index is 428. The minimum Gasteiger partial charge on any atom is -0.375 e. The van der Waals surface area contributed by atoms with Crippen LogP contribution < -0.4 is 10.6 Å². The molecule has 104 valence electrons. The number of hydrogen-bond acceptors (Lipinski definition) is 2. The number of anilines is 1. The van der Waals surface area contributed by atoms with Gasteiger partial charge in [0.15, 0.2) is 0 Å². The first-order chi connectivity index (χ1) is 9.15. The molecule has 1 aliphatic carbocycles. The Morgan fingerprint density at radius 1 is 1.26 bits per heavy atom. The lowest BCUT2D eigenvalue weighted by Crippen LogP contribution is -2.40. The summed E-state index contributed by atoms with van der Waals surface area (Å²) in [6, 6.07) is 8.38. The molecule has 0 bridgehead atoms. The summed E-state index contributed by atoms with van der Waals surface area (Å²) in [4.78, 5) is 11.9. The average molecular weight is 372 g/mol. The van der Waals surface area contributed by atoms with Gasteiger partial charge in [0.1, 0.15) is 0 Å². The van der Waals surface area contributed by atoms with Crippen LogP contribution in [0.25, 0.3) is 0 Å². The highest BCUT2D eigenvalue weighted by Gasteiger charge is 2.19. The molecule has 2 N–H and O–H groups in total. The van der Waals surface area contributed by atoms with E-state index in [1.54, 1.807) is 0 Å². The fourth-order valence-corrected chi connectivity index (χ4v) is 3.04. The van der Waals surface area contributed by atoms with Gasteiger partial charge < -0.3 is 10.6 Å². The lowest BCUT2D eigenvalue weighted by molar-refractivity contribution is -0.120. The summed E-state index contributed by atoms with van der Waals surface area (Å²) >= 11 is 2.27. The van der Waals surface area contributed by atoms with E-state index in [9.17, 15) is 4.79 Å². The van der Waals surface area contributed by atoms with Gasteiger partial charge in [-0.15, -0.1) is 0 Å². The first kappa shape index (κ1) is 14.6. The lowest BCUT2D eigenvalue weighted by Gasteiger charge is -2.27. The first-order valence-corrected chi connectivity index (χ1v) is 8.01. The van der Waals surface area contributed by atoms with Gasteiger partial charge in [-0.25, -0.2) is 0 Å². The Morgan fingerprint density at radius 2 is 1.95 bits per heavy atom. The Balaban J connectivity index is 1.74. The molecule has 1 saturated carbocycles. The van der Waals surface area contributed by atoms with Crippen LogP contribution >= 0.6 is 22.6 Å². The molecule has 1 aliphatic rings. The summed E-state index contributed by atoms with van der Waals surface area (Å²) in [6.45, 7) is 2.64. The number of hydrogen-bond donors (Lipinski definition) is 2. The molecular weight excluding hydrogens is 351 g/mol. The fourth-order valence-electron chi connectivity index (χ4n) is 2.46. The maximum absolute atomic E-state index is 11.9. The molecule has 19 heavy (non-hydrogen) atoms. The monoisotopic (exact) mass is 372 g/mol. The zero-order chi connectivity index (χ0) is 13.7. The van der Waals surface area contributed by atoms with Crippen LogP contribution in [0.4, 0.5) is 5.69 Å². The highest BCUT2D eigenvalue weighted by atomic mass is 127. The normalized spacial score (nSPS) is 22.8. The highest BCUT2D eigenvalue weighted by Crippen LogP contribution is 2.23. The Kier molecular flexibility index (Phi) is 5.48. The number of para-hydroxylation sites is 1. The summed E-state index contributed by atoms with van der Waals surface area (Å²) in [5.41, 5.74) is 1.02. The molecule has 0 atom stereocenters. The van der Waals surface area contributed by atoms with E-state index in [4.69, 9.17) is 0 Å². The number of benzene rings is 1. The molecule has 0 saturated heterocycles. The zero-order valence-electron chi connectivity index (χ0n) is 11.3. The maximum atomic E-state index is 11.9. The van der Waals surface area contributed by atoms with Crippen molar-refractivity contribution in [3.8, 4) is 0 Å². The largest absolute Gasteiger partial charge is 0.375 e. The van der Waals surface area contributed by atoms with E-state index in [0.29, 0.717) is 12.6 Å². The van der Waals surface area contributed by atoms with E-state index in [-0.39, 0.29) is 5.91 Å². The van der Waals surface area contributed by atoms with Gasteiger partial charge in [-0.2, -0.15) is 0 Å². The second-order valence-corrected chi connectivity index (χ2v) is 6.52. The van der Waals surface area contributed by atoms with Crippen molar-refractivity contribution in [2.24, 2.45) is 5.92 Å². The molecule has 1 aromatic rings. The van der Waals surface area contributed by atoms with Crippen LogP contribution in [0.15, 0.2) is 24.3 Å². The number of halogens is 1. The predicted molar refractivity (Wildman–Crippen MR) is 87.2 cm³/mol.